The topological polar surface area (TPSA) is 29.5 Å². The summed E-state index contributed by atoms with van der Waals surface area (Å²) in [5, 5.41) is 8.78. The quantitative estimate of drug-likeness (QED) is 0.758. The molecule has 2 aliphatic carbocycles. The number of ether oxygens (including phenoxy) is 1. The van der Waals surface area contributed by atoms with Gasteiger partial charge in [-0.25, -0.2) is 0 Å². The second kappa shape index (κ2) is 5.99. The molecule has 0 aromatic heterocycles. The molecule has 0 heterocycles. The summed E-state index contributed by atoms with van der Waals surface area (Å²) < 4.78 is 5.17. The van der Waals surface area contributed by atoms with Crippen LogP contribution in [0.1, 0.15) is 13.3 Å². The van der Waals surface area contributed by atoms with Crippen molar-refractivity contribution < 1.29 is 9.84 Å². The van der Waals surface area contributed by atoms with E-state index in [1.165, 1.54) is 5.57 Å². The maximum absolute atomic E-state index is 8.78. The Morgan fingerprint density at radius 1 is 1.29 bits per heavy atom. The van der Waals surface area contributed by atoms with Crippen molar-refractivity contribution in [1.29, 1.82) is 0 Å². The minimum atomic E-state index is -0.205. The molecule has 92 valence electrons. The van der Waals surface area contributed by atoms with Crippen LogP contribution in [0.15, 0.2) is 48.1 Å². The Morgan fingerprint density at radius 2 is 2.12 bits per heavy atom. The van der Waals surface area contributed by atoms with Crippen molar-refractivity contribution in [2.24, 2.45) is 17.8 Å². The number of hydrogen-bond acceptors (Lipinski definition) is 2. The van der Waals surface area contributed by atoms with Crippen LogP contribution in [0.25, 0.3) is 0 Å². The average Bonchev–Trinajstić information content (AvgIpc) is 2.36. The summed E-state index contributed by atoms with van der Waals surface area (Å²) in [5.41, 5.74) is 1.43. The van der Waals surface area contributed by atoms with Crippen LogP contribution in [0, 0.1) is 17.8 Å². The van der Waals surface area contributed by atoms with E-state index in [1.54, 1.807) is 0 Å². The minimum absolute atomic E-state index is 0.205. The molecular formula is C15H20O2. The zero-order valence-corrected chi connectivity index (χ0v) is 10.3. The molecule has 3 atom stereocenters. The molecule has 0 amide bonds. The summed E-state index contributed by atoms with van der Waals surface area (Å²) in [6.45, 7) is 2.62. The predicted octanol–water partition coefficient (Wildman–Crippen LogP) is 2.83. The molecule has 0 aliphatic heterocycles. The van der Waals surface area contributed by atoms with E-state index in [4.69, 9.17) is 9.84 Å². The summed E-state index contributed by atoms with van der Waals surface area (Å²) in [5.74, 6) is 1.39. The van der Waals surface area contributed by atoms with Crippen LogP contribution in [0.2, 0.25) is 0 Å². The van der Waals surface area contributed by atoms with Crippen LogP contribution >= 0.6 is 0 Å². The number of aliphatic hydroxyl groups is 1. The van der Waals surface area contributed by atoms with Crippen LogP contribution in [-0.4, -0.2) is 18.5 Å². The normalized spacial score (nSPS) is 31.6. The zero-order valence-electron chi connectivity index (χ0n) is 10.3. The molecule has 0 spiro atoms. The molecule has 2 rings (SSSR count). The number of hydrogen-bond donors (Lipinski definition) is 1. The molecule has 17 heavy (non-hydrogen) atoms. The fourth-order valence-corrected chi connectivity index (χ4v) is 2.60. The molecule has 3 unspecified atom stereocenters. The van der Waals surface area contributed by atoms with Gasteiger partial charge >= 0.3 is 0 Å². The summed E-state index contributed by atoms with van der Waals surface area (Å²) >= 11 is 0. The highest BCUT2D eigenvalue weighted by Crippen LogP contribution is 2.35. The van der Waals surface area contributed by atoms with Crippen LogP contribution in [0.5, 0.6) is 0 Å². The van der Waals surface area contributed by atoms with E-state index in [0.717, 1.165) is 6.42 Å². The highest BCUT2D eigenvalue weighted by Gasteiger charge is 2.26. The SMILES string of the molecule is CC1C=CC=CC(COCO)C2=CC=CCC21. The Hall–Kier alpha value is -1.12. The van der Waals surface area contributed by atoms with E-state index in [2.05, 4.69) is 49.5 Å². The van der Waals surface area contributed by atoms with Crippen LogP contribution < -0.4 is 0 Å². The first-order valence-corrected chi connectivity index (χ1v) is 6.23. The van der Waals surface area contributed by atoms with E-state index >= 15 is 0 Å². The van der Waals surface area contributed by atoms with Gasteiger partial charge in [0.2, 0.25) is 0 Å². The summed E-state index contributed by atoms with van der Waals surface area (Å²) in [6, 6.07) is 0. The lowest BCUT2D eigenvalue weighted by Crippen LogP contribution is -2.23. The Bertz CT molecular complexity index is 363. The van der Waals surface area contributed by atoms with Crippen molar-refractivity contribution in [3.05, 3.63) is 48.1 Å². The summed E-state index contributed by atoms with van der Waals surface area (Å²) in [6.07, 6.45) is 16.3. The third kappa shape index (κ3) is 2.96. The van der Waals surface area contributed by atoms with Gasteiger partial charge in [-0.3, -0.25) is 0 Å². The number of allylic oxidation sites excluding steroid dienone is 6. The summed E-state index contributed by atoms with van der Waals surface area (Å²) in [4.78, 5) is 0. The Labute approximate surface area is 103 Å². The van der Waals surface area contributed by atoms with Gasteiger partial charge in [-0.1, -0.05) is 55.0 Å². The molecule has 2 heteroatoms. The molecule has 0 saturated carbocycles. The lowest BCUT2D eigenvalue weighted by Gasteiger charge is -2.31. The standard InChI is InChI=1S/C15H20O2/c1-12-6-2-3-7-13(10-17-11-16)15-9-5-4-8-14(12)15/h2-7,9,12-14,16H,8,10-11H2,1H3. The van der Waals surface area contributed by atoms with Crippen molar-refractivity contribution in [3.63, 3.8) is 0 Å². The van der Waals surface area contributed by atoms with Crippen LogP contribution in [0.4, 0.5) is 0 Å². The Morgan fingerprint density at radius 3 is 2.94 bits per heavy atom. The highest BCUT2D eigenvalue weighted by molar-refractivity contribution is 5.30. The van der Waals surface area contributed by atoms with Crippen molar-refractivity contribution >= 4 is 0 Å². The smallest absolute Gasteiger partial charge is 0.143 e. The maximum atomic E-state index is 8.78. The van der Waals surface area contributed by atoms with Crippen molar-refractivity contribution in [1.82, 2.24) is 0 Å². The molecular weight excluding hydrogens is 212 g/mol. The lowest BCUT2D eigenvalue weighted by atomic mass is 9.75. The Balaban J connectivity index is 2.22. The third-order valence-electron chi connectivity index (χ3n) is 3.56. The van der Waals surface area contributed by atoms with Crippen molar-refractivity contribution in [2.75, 3.05) is 13.4 Å². The molecule has 0 saturated heterocycles. The molecule has 0 fully saturated rings. The first-order chi connectivity index (χ1) is 8.33. The lowest BCUT2D eigenvalue weighted by molar-refractivity contribution is -0.00899. The van der Waals surface area contributed by atoms with E-state index in [0.29, 0.717) is 18.4 Å². The van der Waals surface area contributed by atoms with Gasteiger partial charge in [0.15, 0.2) is 0 Å². The first-order valence-electron chi connectivity index (χ1n) is 6.23. The maximum Gasteiger partial charge on any atom is 0.143 e. The van der Waals surface area contributed by atoms with Gasteiger partial charge in [-0.2, -0.15) is 0 Å². The van der Waals surface area contributed by atoms with Gasteiger partial charge in [0.25, 0.3) is 0 Å². The van der Waals surface area contributed by atoms with Gasteiger partial charge in [0, 0.05) is 5.92 Å². The van der Waals surface area contributed by atoms with E-state index in [9.17, 15) is 0 Å². The van der Waals surface area contributed by atoms with Crippen LogP contribution in [0.3, 0.4) is 0 Å². The largest absolute Gasteiger partial charge is 0.371 e. The molecule has 2 aliphatic rings. The van der Waals surface area contributed by atoms with Crippen molar-refractivity contribution in [2.45, 2.75) is 13.3 Å². The number of rotatable bonds is 3. The molecule has 2 nitrogen and oxygen atoms in total. The molecule has 0 aromatic rings. The summed E-state index contributed by atoms with van der Waals surface area (Å²) in [7, 11) is 0. The van der Waals surface area contributed by atoms with Crippen molar-refractivity contribution in [3.8, 4) is 0 Å². The number of aliphatic hydroxyl groups excluding tert-OH is 1. The third-order valence-corrected chi connectivity index (χ3v) is 3.56. The van der Waals surface area contributed by atoms with Gasteiger partial charge in [0.1, 0.15) is 6.79 Å². The molecule has 1 N–H and O–H groups in total. The average molecular weight is 232 g/mol. The van der Waals surface area contributed by atoms with Gasteiger partial charge in [0.05, 0.1) is 6.61 Å². The molecule has 0 radical (unpaired) electrons. The fraction of sp³-hybridized carbons (Fsp3) is 0.467. The minimum Gasteiger partial charge on any atom is -0.371 e. The number of fused-ring (bicyclic) bond motifs is 1. The second-order valence-corrected chi connectivity index (χ2v) is 4.67. The predicted molar refractivity (Wildman–Crippen MR) is 69.3 cm³/mol. The second-order valence-electron chi connectivity index (χ2n) is 4.67. The monoisotopic (exact) mass is 232 g/mol. The van der Waals surface area contributed by atoms with Gasteiger partial charge < -0.3 is 9.84 Å². The Kier molecular flexibility index (Phi) is 4.35. The molecule has 0 aromatic carbocycles. The highest BCUT2D eigenvalue weighted by atomic mass is 16.6. The van der Waals surface area contributed by atoms with E-state index in [1.807, 2.05) is 0 Å². The van der Waals surface area contributed by atoms with Crippen LogP contribution in [-0.2, 0) is 4.74 Å². The van der Waals surface area contributed by atoms with Gasteiger partial charge in [-0.15, -0.1) is 0 Å². The van der Waals surface area contributed by atoms with E-state index in [-0.39, 0.29) is 12.7 Å². The van der Waals surface area contributed by atoms with Gasteiger partial charge in [-0.05, 0) is 18.3 Å². The zero-order chi connectivity index (χ0) is 12.1. The van der Waals surface area contributed by atoms with E-state index < -0.39 is 0 Å². The first kappa shape index (κ1) is 12.3. The molecule has 0 bridgehead atoms. The fourth-order valence-electron chi connectivity index (χ4n) is 2.60.